The number of phenols is 1. The van der Waals surface area contributed by atoms with E-state index in [2.05, 4.69) is 6.92 Å². The maximum Gasteiger partial charge on any atom is 0.174 e. The van der Waals surface area contributed by atoms with Crippen LogP contribution in [0.1, 0.15) is 44.6 Å². The fraction of sp³-hybridized carbons (Fsp3) is 0.650. The van der Waals surface area contributed by atoms with Crippen molar-refractivity contribution in [3.8, 4) is 5.75 Å². The molecule has 24 heavy (non-hydrogen) atoms. The molecule has 4 rings (SSSR count). The molecule has 3 fully saturated rings. The molecule has 0 aromatic heterocycles. The molecule has 4 heteroatoms. The monoisotopic (exact) mass is 330 g/mol. The van der Waals surface area contributed by atoms with Gasteiger partial charge in [0.1, 0.15) is 11.5 Å². The molecule has 1 N–H and O–H groups in total. The van der Waals surface area contributed by atoms with Gasteiger partial charge in [-0.15, -0.1) is 0 Å². The van der Waals surface area contributed by atoms with Crippen LogP contribution in [0.25, 0.3) is 0 Å². The lowest BCUT2D eigenvalue weighted by Gasteiger charge is -2.47. The Morgan fingerprint density at radius 2 is 2.04 bits per heavy atom. The van der Waals surface area contributed by atoms with Crippen molar-refractivity contribution in [2.75, 3.05) is 13.2 Å². The summed E-state index contributed by atoms with van der Waals surface area (Å²) in [4.78, 5) is 12.6. The van der Waals surface area contributed by atoms with Crippen LogP contribution in [0.5, 0.6) is 5.75 Å². The number of ketones is 1. The zero-order valence-electron chi connectivity index (χ0n) is 14.3. The lowest BCUT2D eigenvalue weighted by Crippen LogP contribution is -2.51. The standard InChI is InChI=1S/C20H26O4/c1-19-9-8-18(22)16(6-5-14-3-2-4-15(21)13-14)17(19)7-10-20(19)23-11-12-24-20/h2-4,13,16-17,21H,5-12H2,1H3/t16-,17-,19-/m0/s1. The third-order valence-corrected chi connectivity index (χ3v) is 6.67. The van der Waals surface area contributed by atoms with Crippen LogP contribution in [-0.2, 0) is 20.7 Å². The summed E-state index contributed by atoms with van der Waals surface area (Å²) in [5.74, 6) is 0.654. The van der Waals surface area contributed by atoms with Crippen LogP contribution in [0.4, 0.5) is 0 Å². The molecular formula is C20H26O4. The molecule has 2 saturated carbocycles. The molecule has 0 bridgehead atoms. The molecule has 3 atom stereocenters. The normalized spacial score (nSPS) is 34.6. The summed E-state index contributed by atoms with van der Waals surface area (Å²) in [5, 5.41) is 9.63. The third kappa shape index (κ3) is 2.39. The highest BCUT2D eigenvalue weighted by Crippen LogP contribution is 2.62. The molecule has 130 valence electrons. The van der Waals surface area contributed by atoms with Gasteiger partial charge in [-0.3, -0.25) is 4.79 Å². The first kappa shape index (κ1) is 16.1. The molecule has 1 heterocycles. The van der Waals surface area contributed by atoms with E-state index in [4.69, 9.17) is 9.47 Å². The Morgan fingerprint density at radius 3 is 2.79 bits per heavy atom. The highest BCUT2D eigenvalue weighted by Gasteiger charge is 2.64. The third-order valence-electron chi connectivity index (χ3n) is 6.67. The molecule has 2 aliphatic carbocycles. The second-order valence-corrected chi connectivity index (χ2v) is 7.79. The van der Waals surface area contributed by atoms with Gasteiger partial charge >= 0.3 is 0 Å². The van der Waals surface area contributed by atoms with E-state index >= 15 is 0 Å². The number of benzene rings is 1. The van der Waals surface area contributed by atoms with E-state index in [9.17, 15) is 9.90 Å². The van der Waals surface area contributed by atoms with E-state index in [0.717, 1.165) is 37.7 Å². The molecule has 0 amide bonds. The summed E-state index contributed by atoms with van der Waals surface area (Å²) in [7, 11) is 0. The van der Waals surface area contributed by atoms with Gasteiger partial charge in [-0.1, -0.05) is 19.1 Å². The maximum absolute atomic E-state index is 12.6. The topological polar surface area (TPSA) is 55.8 Å². The van der Waals surface area contributed by atoms with Crippen molar-refractivity contribution in [1.82, 2.24) is 0 Å². The first-order chi connectivity index (χ1) is 11.5. The zero-order chi connectivity index (χ0) is 16.8. The number of Topliss-reactive ketones (excluding diaryl/α,β-unsaturated/α-hetero) is 1. The Bertz CT molecular complexity index is 634. The fourth-order valence-electron chi connectivity index (χ4n) is 5.37. The van der Waals surface area contributed by atoms with Crippen molar-refractivity contribution in [2.24, 2.45) is 17.3 Å². The number of ether oxygens (including phenoxy) is 2. The van der Waals surface area contributed by atoms with Crippen LogP contribution in [0.2, 0.25) is 0 Å². The number of carbonyl (C=O) groups is 1. The molecule has 1 aliphatic heterocycles. The summed E-state index contributed by atoms with van der Waals surface area (Å²) in [6.07, 6.45) is 5.09. The van der Waals surface area contributed by atoms with Gasteiger partial charge in [-0.05, 0) is 49.3 Å². The number of hydrogen-bond donors (Lipinski definition) is 1. The van der Waals surface area contributed by atoms with Crippen LogP contribution < -0.4 is 0 Å². The minimum atomic E-state index is -0.457. The predicted molar refractivity (Wildman–Crippen MR) is 89.6 cm³/mol. The van der Waals surface area contributed by atoms with Gasteiger partial charge in [0.25, 0.3) is 0 Å². The first-order valence-electron chi connectivity index (χ1n) is 9.13. The maximum atomic E-state index is 12.6. The second-order valence-electron chi connectivity index (χ2n) is 7.79. The van der Waals surface area contributed by atoms with Crippen molar-refractivity contribution >= 4 is 5.78 Å². The van der Waals surface area contributed by atoms with Crippen LogP contribution in [0.15, 0.2) is 24.3 Å². The lowest BCUT2D eigenvalue weighted by molar-refractivity contribution is -0.233. The summed E-state index contributed by atoms with van der Waals surface area (Å²) >= 11 is 0. The number of aromatic hydroxyl groups is 1. The van der Waals surface area contributed by atoms with Crippen LogP contribution in [-0.4, -0.2) is 29.9 Å². The SMILES string of the molecule is C[C@]12CCC(=O)[C@@H](CCc3cccc(O)c3)[C@@H]1CCC21OCCO1. The van der Waals surface area contributed by atoms with E-state index in [1.54, 1.807) is 12.1 Å². The highest BCUT2D eigenvalue weighted by molar-refractivity contribution is 5.82. The summed E-state index contributed by atoms with van der Waals surface area (Å²) in [6, 6.07) is 7.36. The molecule has 1 aromatic carbocycles. The lowest BCUT2D eigenvalue weighted by atomic mass is 9.61. The quantitative estimate of drug-likeness (QED) is 0.922. The summed E-state index contributed by atoms with van der Waals surface area (Å²) < 4.78 is 12.1. The number of rotatable bonds is 3. The molecule has 1 spiro atoms. The Labute approximate surface area is 143 Å². The molecule has 0 radical (unpaired) electrons. The largest absolute Gasteiger partial charge is 0.508 e. The van der Waals surface area contributed by atoms with E-state index < -0.39 is 5.79 Å². The number of aryl methyl sites for hydroxylation is 1. The predicted octanol–water partition coefficient (Wildman–Crippen LogP) is 3.46. The Balaban J connectivity index is 1.53. The van der Waals surface area contributed by atoms with Gasteiger partial charge in [-0.2, -0.15) is 0 Å². The highest BCUT2D eigenvalue weighted by atomic mass is 16.7. The molecule has 1 saturated heterocycles. The fourth-order valence-corrected chi connectivity index (χ4v) is 5.37. The van der Waals surface area contributed by atoms with Crippen LogP contribution >= 0.6 is 0 Å². The van der Waals surface area contributed by atoms with Crippen molar-refractivity contribution in [3.63, 3.8) is 0 Å². The number of phenolic OH excluding ortho intramolecular Hbond substituents is 1. The Hall–Kier alpha value is -1.39. The Kier molecular flexibility index (Phi) is 3.92. The summed E-state index contributed by atoms with van der Waals surface area (Å²) in [6.45, 7) is 3.61. The molecular weight excluding hydrogens is 304 g/mol. The average Bonchev–Trinajstić information content (AvgIpc) is 3.15. The first-order valence-corrected chi connectivity index (χ1v) is 9.13. The summed E-state index contributed by atoms with van der Waals surface area (Å²) in [5.41, 5.74) is 1.04. The second kappa shape index (κ2) is 5.85. The van der Waals surface area contributed by atoms with Gasteiger partial charge in [0.05, 0.1) is 13.2 Å². The molecule has 3 aliphatic rings. The van der Waals surface area contributed by atoms with Gasteiger partial charge in [0.2, 0.25) is 0 Å². The zero-order valence-corrected chi connectivity index (χ0v) is 14.3. The average molecular weight is 330 g/mol. The Morgan fingerprint density at radius 1 is 1.25 bits per heavy atom. The smallest absolute Gasteiger partial charge is 0.174 e. The van der Waals surface area contributed by atoms with Crippen molar-refractivity contribution in [3.05, 3.63) is 29.8 Å². The van der Waals surface area contributed by atoms with Gasteiger partial charge in [0, 0.05) is 24.2 Å². The van der Waals surface area contributed by atoms with Crippen molar-refractivity contribution in [1.29, 1.82) is 0 Å². The van der Waals surface area contributed by atoms with E-state index in [1.165, 1.54) is 0 Å². The van der Waals surface area contributed by atoms with Gasteiger partial charge in [-0.25, -0.2) is 0 Å². The van der Waals surface area contributed by atoms with Gasteiger partial charge < -0.3 is 14.6 Å². The number of fused-ring (bicyclic) bond motifs is 2. The number of carbonyl (C=O) groups excluding carboxylic acids is 1. The number of hydrogen-bond acceptors (Lipinski definition) is 4. The van der Waals surface area contributed by atoms with Crippen molar-refractivity contribution in [2.45, 2.75) is 51.2 Å². The van der Waals surface area contributed by atoms with Crippen LogP contribution in [0.3, 0.4) is 0 Å². The molecule has 0 unspecified atom stereocenters. The molecule has 4 nitrogen and oxygen atoms in total. The minimum Gasteiger partial charge on any atom is -0.508 e. The molecule has 1 aromatic rings. The minimum absolute atomic E-state index is 0.0547. The van der Waals surface area contributed by atoms with Gasteiger partial charge in [0.15, 0.2) is 5.79 Å². The van der Waals surface area contributed by atoms with Crippen molar-refractivity contribution < 1.29 is 19.4 Å². The van der Waals surface area contributed by atoms with Crippen LogP contribution in [0, 0.1) is 17.3 Å². The van der Waals surface area contributed by atoms with E-state index in [-0.39, 0.29) is 11.3 Å². The van der Waals surface area contributed by atoms with E-state index in [1.807, 2.05) is 12.1 Å². The van der Waals surface area contributed by atoms with E-state index in [0.29, 0.717) is 37.1 Å².